The first-order valence-corrected chi connectivity index (χ1v) is 11.1. The summed E-state index contributed by atoms with van der Waals surface area (Å²) in [6, 6.07) is 15.6. The van der Waals surface area contributed by atoms with E-state index in [4.69, 9.17) is 4.74 Å². The normalized spacial score (nSPS) is 15.3. The summed E-state index contributed by atoms with van der Waals surface area (Å²) in [5.74, 6) is 1.22. The molecule has 0 aromatic heterocycles. The van der Waals surface area contributed by atoms with E-state index < -0.39 is 5.60 Å². The van der Waals surface area contributed by atoms with Gasteiger partial charge >= 0.3 is 0 Å². The number of halogens is 2. The van der Waals surface area contributed by atoms with Gasteiger partial charge in [-0.1, -0.05) is 25.5 Å². The molecule has 1 heterocycles. The van der Waals surface area contributed by atoms with E-state index in [-0.39, 0.29) is 24.8 Å². The smallest absolute Gasteiger partial charge is 0.119 e. The number of anilines is 1. The molecule has 1 aliphatic rings. The minimum Gasteiger partial charge on any atom is -0.508 e. The largest absolute Gasteiger partial charge is 0.508 e. The Morgan fingerprint density at radius 2 is 1.62 bits per heavy atom. The van der Waals surface area contributed by atoms with E-state index in [9.17, 15) is 10.2 Å². The van der Waals surface area contributed by atoms with Crippen molar-refractivity contribution in [2.75, 3.05) is 38.2 Å². The maximum atomic E-state index is 11.0. The van der Waals surface area contributed by atoms with Gasteiger partial charge in [0.25, 0.3) is 0 Å². The molecule has 2 aromatic carbocycles. The van der Waals surface area contributed by atoms with Crippen molar-refractivity contribution in [3.63, 3.8) is 0 Å². The van der Waals surface area contributed by atoms with Gasteiger partial charge in [0, 0.05) is 38.9 Å². The molecule has 0 radical (unpaired) electrons. The van der Waals surface area contributed by atoms with Crippen LogP contribution in [0.3, 0.4) is 0 Å². The fourth-order valence-corrected chi connectivity index (χ4v) is 3.87. The maximum absolute atomic E-state index is 11.0. The first-order valence-electron chi connectivity index (χ1n) is 11.1. The van der Waals surface area contributed by atoms with E-state index >= 15 is 0 Å². The Bertz CT molecular complexity index is 764. The van der Waals surface area contributed by atoms with Crippen LogP contribution in [0, 0.1) is 0 Å². The monoisotopic (exact) mass is 484 g/mol. The fourth-order valence-electron chi connectivity index (χ4n) is 3.87. The second-order valence-corrected chi connectivity index (χ2v) is 8.53. The zero-order chi connectivity index (χ0) is 21.4. The molecule has 2 aromatic rings. The standard InChI is InChI=1S/C25H36N2O3.2ClH/c1-3-4-19-30-24-11-7-22(8-12-24)26(2)16-13-25(29)14-17-27(18-15-25)20-21-5-9-23(28)10-6-21;;/h5-12,28-29H,3-4,13-20H2,1-2H3;2*1H. The Morgan fingerprint density at radius 3 is 2.22 bits per heavy atom. The Balaban J connectivity index is 0.00000256. The van der Waals surface area contributed by atoms with Crippen molar-refractivity contribution in [2.24, 2.45) is 0 Å². The molecule has 0 atom stereocenters. The van der Waals surface area contributed by atoms with Gasteiger partial charge in [-0.2, -0.15) is 0 Å². The van der Waals surface area contributed by atoms with Crippen LogP contribution < -0.4 is 9.64 Å². The zero-order valence-electron chi connectivity index (χ0n) is 19.2. The number of piperidine rings is 1. The molecule has 0 spiro atoms. The van der Waals surface area contributed by atoms with Crippen LogP contribution >= 0.6 is 24.8 Å². The highest BCUT2D eigenvalue weighted by molar-refractivity contribution is 5.85. The number of likely N-dealkylation sites (tertiary alicyclic amines) is 1. The molecule has 180 valence electrons. The Morgan fingerprint density at radius 1 is 1.00 bits per heavy atom. The molecule has 1 saturated heterocycles. The number of nitrogens with zero attached hydrogens (tertiary/aromatic N) is 2. The molecule has 0 aliphatic carbocycles. The van der Waals surface area contributed by atoms with Gasteiger partial charge in [0.15, 0.2) is 0 Å². The van der Waals surface area contributed by atoms with Gasteiger partial charge in [0.05, 0.1) is 12.2 Å². The van der Waals surface area contributed by atoms with Crippen molar-refractivity contribution < 1.29 is 14.9 Å². The highest BCUT2D eigenvalue weighted by Crippen LogP contribution is 2.28. The first-order chi connectivity index (χ1) is 14.5. The van der Waals surface area contributed by atoms with E-state index in [1.807, 2.05) is 24.3 Å². The number of hydrogen-bond acceptors (Lipinski definition) is 5. The first kappa shape index (κ1) is 28.4. The van der Waals surface area contributed by atoms with Crippen LogP contribution in [0.15, 0.2) is 48.5 Å². The molecular weight excluding hydrogens is 447 g/mol. The number of unbranched alkanes of at least 4 members (excludes halogenated alkanes) is 1. The van der Waals surface area contributed by atoms with Crippen molar-refractivity contribution in [1.82, 2.24) is 4.90 Å². The quantitative estimate of drug-likeness (QED) is 0.449. The van der Waals surface area contributed by atoms with Crippen LogP contribution in [0.2, 0.25) is 0 Å². The SMILES string of the molecule is CCCCOc1ccc(N(C)CCC2(O)CCN(Cc3ccc(O)cc3)CC2)cc1.Cl.Cl. The van der Waals surface area contributed by atoms with Crippen LogP contribution in [-0.2, 0) is 6.54 Å². The molecule has 0 amide bonds. The number of aromatic hydroxyl groups is 1. The number of rotatable bonds is 10. The minimum absolute atomic E-state index is 0. The van der Waals surface area contributed by atoms with Crippen LogP contribution in [0.25, 0.3) is 0 Å². The van der Waals surface area contributed by atoms with Crippen molar-refractivity contribution in [3.8, 4) is 11.5 Å². The van der Waals surface area contributed by atoms with Gasteiger partial charge in [-0.15, -0.1) is 24.8 Å². The number of phenols is 1. The summed E-state index contributed by atoms with van der Waals surface area (Å²) in [5.41, 5.74) is 1.74. The third-order valence-corrected chi connectivity index (χ3v) is 6.09. The molecule has 3 rings (SSSR count). The summed E-state index contributed by atoms with van der Waals surface area (Å²) < 4.78 is 5.74. The minimum atomic E-state index is -0.594. The van der Waals surface area contributed by atoms with Crippen molar-refractivity contribution in [1.29, 1.82) is 0 Å². The molecule has 2 N–H and O–H groups in total. The van der Waals surface area contributed by atoms with Gasteiger partial charge in [-0.3, -0.25) is 4.90 Å². The van der Waals surface area contributed by atoms with Crippen LogP contribution in [-0.4, -0.2) is 54.0 Å². The summed E-state index contributed by atoms with van der Waals surface area (Å²) >= 11 is 0. The summed E-state index contributed by atoms with van der Waals surface area (Å²) in [6.45, 7) is 6.40. The lowest BCUT2D eigenvalue weighted by molar-refractivity contribution is -0.0275. The van der Waals surface area contributed by atoms with Gasteiger partial charge < -0.3 is 19.8 Å². The lowest BCUT2D eigenvalue weighted by Crippen LogP contribution is -2.45. The zero-order valence-corrected chi connectivity index (χ0v) is 20.8. The molecule has 0 bridgehead atoms. The molecule has 5 nitrogen and oxygen atoms in total. The number of hydrogen-bond donors (Lipinski definition) is 2. The lowest BCUT2D eigenvalue weighted by atomic mass is 9.88. The van der Waals surface area contributed by atoms with Gasteiger partial charge in [0.2, 0.25) is 0 Å². The fraction of sp³-hybridized carbons (Fsp3) is 0.520. The van der Waals surface area contributed by atoms with E-state index in [1.54, 1.807) is 12.1 Å². The van der Waals surface area contributed by atoms with Gasteiger partial charge in [-0.25, -0.2) is 0 Å². The van der Waals surface area contributed by atoms with Crippen LogP contribution in [0.1, 0.15) is 44.6 Å². The highest BCUT2D eigenvalue weighted by atomic mass is 35.5. The van der Waals surface area contributed by atoms with Gasteiger partial charge in [-0.05, 0) is 67.6 Å². The van der Waals surface area contributed by atoms with Crippen molar-refractivity contribution in [3.05, 3.63) is 54.1 Å². The Labute approximate surface area is 205 Å². The predicted molar refractivity (Wildman–Crippen MR) is 137 cm³/mol. The molecule has 1 aliphatic heterocycles. The average Bonchev–Trinajstić information content (AvgIpc) is 2.76. The van der Waals surface area contributed by atoms with E-state index in [2.05, 4.69) is 35.9 Å². The second-order valence-electron chi connectivity index (χ2n) is 8.53. The molecule has 0 unspecified atom stereocenters. The van der Waals surface area contributed by atoms with Gasteiger partial charge in [0.1, 0.15) is 11.5 Å². The summed E-state index contributed by atoms with van der Waals surface area (Å²) in [6.07, 6.45) is 4.57. The topological polar surface area (TPSA) is 56.2 Å². The third-order valence-electron chi connectivity index (χ3n) is 6.09. The number of ether oxygens (including phenoxy) is 1. The molecule has 32 heavy (non-hydrogen) atoms. The van der Waals surface area contributed by atoms with Crippen LogP contribution in [0.5, 0.6) is 11.5 Å². The second kappa shape index (κ2) is 13.8. The van der Waals surface area contributed by atoms with E-state index in [0.29, 0.717) is 5.75 Å². The highest BCUT2D eigenvalue weighted by Gasteiger charge is 2.32. The van der Waals surface area contributed by atoms with E-state index in [0.717, 1.165) is 76.3 Å². The third kappa shape index (κ3) is 8.70. The summed E-state index contributed by atoms with van der Waals surface area (Å²) in [4.78, 5) is 4.58. The van der Waals surface area contributed by atoms with Crippen LogP contribution in [0.4, 0.5) is 5.69 Å². The Hall–Kier alpha value is -1.66. The molecule has 7 heteroatoms. The van der Waals surface area contributed by atoms with Crippen molar-refractivity contribution in [2.45, 2.75) is 51.2 Å². The molecule has 1 fully saturated rings. The summed E-state index contributed by atoms with van der Waals surface area (Å²) in [7, 11) is 2.08. The number of benzene rings is 2. The number of phenolic OH excluding ortho intramolecular Hbond substituents is 1. The molecule has 0 saturated carbocycles. The van der Waals surface area contributed by atoms with Crippen molar-refractivity contribution >= 4 is 30.5 Å². The maximum Gasteiger partial charge on any atom is 0.119 e. The average molecular weight is 485 g/mol. The number of aliphatic hydroxyl groups is 1. The van der Waals surface area contributed by atoms with E-state index in [1.165, 1.54) is 5.56 Å². The lowest BCUT2D eigenvalue weighted by Gasteiger charge is -2.39. The Kier molecular flexibility index (Phi) is 12.2. The summed E-state index contributed by atoms with van der Waals surface area (Å²) in [5, 5.41) is 20.5. The predicted octanol–water partition coefficient (Wildman–Crippen LogP) is 5.27. The molecular formula is C25H38Cl2N2O3.